The molecule has 0 N–H and O–H groups in total. The fourth-order valence-corrected chi connectivity index (χ4v) is 1.95. The molecule has 0 bridgehead atoms. The number of rotatable bonds is 3. The van der Waals surface area contributed by atoms with E-state index in [1.54, 1.807) is 11.8 Å². The molecule has 0 aliphatic carbocycles. The molecule has 0 amide bonds. The van der Waals surface area contributed by atoms with Crippen LogP contribution in [0.5, 0.6) is 0 Å². The van der Waals surface area contributed by atoms with Gasteiger partial charge < -0.3 is 0 Å². The molecule has 0 aliphatic heterocycles. The molecule has 0 aromatic heterocycles. The van der Waals surface area contributed by atoms with Crippen molar-refractivity contribution in [3.63, 3.8) is 0 Å². The SMILES string of the molecule is C(=C/c1ccccc1)/Sc1ccccc1. The molecule has 0 saturated heterocycles. The predicted molar refractivity (Wildman–Crippen MR) is 67.8 cm³/mol. The monoisotopic (exact) mass is 212 g/mol. The lowest BCUT2D eigenvalue weighted by Gasteiger charge is -1.94. The maximum absolute atomic E-state index is 2.12. The van der Waals surface area contributed by atoms with Crippen molar-refractivity contribution < 1.29 is 0 Å². The normalized spacial score (nSPS) is 10.7. The molecule has 0 radical (unpaired) electrons. The molecule has 0 spiro atoms. The average Bonchev–Trinajstić information content (AvgIpc) is 2.32. The predicted octanol–water partition coefficient (Wildman–Crippen LogP) is 4.45. The van der Waals surface area contributed by atoms with Crippen LogP contribution in [0.1, 0.15) is 5.56 Å². The van der Waals surface area contributed by atoms with Crippen LogP contribution >= 0.6 is 11.8 Å². The molecule has 0 fully saturated rings. The minimum atomic E-state index is 1.24. The van der Waals surface area contributed by atoms with Gasteiger partial charge in [0.2, 0.25) is 0 Å². The Hall–Kier alpha value is -1.47. The van der Waals surface area contributed by atoms with Crippen LogP contribution in [0.2, 0.25) is 0 Å². The van der Waals surface area contributed by atoms with E-state index >= 15 is 0 Å². The Balaban J connectivity index is 1.97. The number of benzene rings is 2. The molecule has 2 rings (SSSR count). The molecule has 15 heavy (non-hydrogen) atoms. The Kier molecular flexibility index (Phi) is 3.64. The standard InChI is InChI=1S/C14H12S/c1-3-7-13(8-4-1)11-12-15-14-9-5-2-6-10-14/h1-12H/b12-11-. The van der Waals surface area contributed by atoms with Crippen LogP contribution in [0.4, 0.5) is 0 Å². The summed E-state index contributed by atoms with van der Waals surface area (Å²) in [4.78, 5) is 1.27. The Morgan fingerprint density at radius 1 is 0.733 bits per heavy atom. The fraction of sp³-hybridized carbons (Fsp3) is 0. The van der Waals surface area contributed by atoms with Crippen molar-refractivity contribution in [1.82, 2.24) is 0 Å². The molecule has 74 valence electrons. The molecule has 0 atom stereocenters. The molecular weight excluding hydrogens is 200 g/mol. The van der Waals surface area contributed by atoms with E-state index < -0.39 is 0 Å². The highest BCUT2D eigenvalue weighted by atomic mass is 32.2. The van der Waals surface area contributed by atoms with Gasteiger partial charge in [-0.15, -0.1) is 0 Å². The highest BCUT2D eigenvalue weighted by Gasteiger charge is 1.87. The molecule has 0 aliphatic rings. The third kappa shape index (κ3) is 3.30. The zero-order chi connectivity index (χ0) is 10.3. The van der Waals surface area contributed by atoms with E-state index in [0.717, 1.165) is 0 Å². The van der Waals surface area contributed by atoms with Gasteiger partial charge in [0.15, 0.2) is 0 Å². The molecule has 2 aromatic carbocycles. The summed E-state index contributed by atoms with van der Waals surface area (Å²) in [6, 6.07) is 20.7. The van der Waals surface area contributed by atoms with Crippen LogP contribution in [-0.2, 0) is 0 Å². The van der Waals surface area contributed by atoms with Gasteiger partial charge in [-0.05, 0) is 29.2 Å². The van der Waals surface area contributed by atoms with Crippen molar-refractivity contribution in [1.29, 1.82) is 0 Å². The van der Waals surface area contributed by atoms with E-state index in [0.29, 0.717) is 0 Å². The average molecular weight is 212 g/mol. The van der Waals surface area contributed by atoms with Crippen LogP contribution in [0.3, 0.4) is 0 Å². The van der Waals surface area contributed by atoms with Crippen LogP contribution in [0.25, 0.3) is 6.08 Å². The van der Waals surface area contributed by atoms with Crippen molar-refractivity contribution in [2.75, 3.05) is 0 Å². The largest absolute Gasteiger partial charge is 0.0981 e. The van der Waals surface area contributed by atoms with E-state index in [2.05, 4.69) is 47.9 Å². The fourth-order valence-electron chi connectivity index (χ4n) is 1.25. The third-order valence-electron chi connectivity index (χ3n) is 2.01. The van der Waals surface area contributed by atoms with E-state index in [-0.39, 0.29) is 0 Å². The van der Waals surface area contributed by atoms with Crippen molar-refractivity contribution in [3.05, 3.63) is 71.6 Å². The van der Waals surface area contributed by atoms with E-state index in [4.69, 9.17) is 0 Å². The summed E-state index contributed by atoms with van der Waals surface area (Å²) in [7, 11) is 0. The molecular formula is C14H12S. The Labute approximate surface area is 94.7 Å². The van der Waals surface area contributed by atoms with Gasteiger partial charge in [-0.2, -0.15) is 0 Å². The van der Waals surface area contributed by atoms with Crippen LogP contribution in [0, 0.1) is 0 Å². The molecule has 0 heterocycles. The lowest BCUT2D eigenvalue weighted by Crippen LogP contribution is -1.67. The minimum Gasteiger partial charge on any atom is -0.0981 e. The van der Waals surface area contributed by atoms with Crippen LogP contribution in [-0.4, -0.2) is 0 Å². The second-order valence-electron chi connectivity index (χ2n) is 3.14. The van der Waals surface area contributed by atoms with Gasteiger partial charge in [0.1, 0.15) is 0 Å². The first-order valence-corrected chi connectivity index (χ1v) is 5.76. The zero-order valence-electron chi connectivity index (χ0n) is 8.34. The number of hydrogen-bond donors (Lipinski definition) is 0. The van der Waals surface area contributed by atoms with E-state index in [9.17, 15) is 0 Å². The molecule has 1 heteroatoms. The highest BCUT2D eigenvalue weighted by molar-refractivity contribution is 8.02. The second-order valence-corrected chi connectivity index (χ2v) is 4.12. The van der Waals surface area contributed by atoms with Crippen LogP contribution in [0.15, 0.2) is 71.0 Å². The van der Waals surface area contributed by atoms with Crippen molar-refractivity contribution in [3.8, 4) is 0 Å². The van der Waals surface area contributed by atoms with E-state index in [1.807, 2.05) is 24.3 Å². The van der Waals surface area contributed by atoms with Crippen molar-refractivity contribution in [2.24, 2.45) is 0 Å². The smallest absolute Gasteiger partial charge is 0.0116 e. The highest BCUT2D eigenvalue weighted by Crippen LogP contribution is 2.19. The Morgan fingerprint density at radius 3 is 2.00 bits per heavy atom. The van der Waals surface area contributed by atoms with Gasteiger partial charge in [0.05, 0.1) is 0 Å². The lowest BCUT2D eigenvalue weighted by molar-refractivity contribution is 1.47. The summed E-state index contributed by atoms with van der Waals surface area (Å²) < 4.78 is 0. The van der Waals surface area contributed by atoms with Crippen molar-refractivity contribution >= 4 is 17.8 Å². The topological polar surface area (TPSA) is 0 Å². The summed E-state index contributed by atoms with van der Waals surface area (Å²) in [6.07, 6.45) is 2.12. The minimum absolute atomic E-state index is 1.24. The van der Waals surface area contributed by atoms with Gasteiger partial charge in [0, 0.05) is 4.90 Å². The molecule has 0 saturated carbocycles. The molecule has 0 nitrogen and oxygen atoms in total. The first-order chi connectivity index (χ1) is 7.45. The summed E-state index contributed by atoms with van der Waals surface area (Å²) in [5, 5.41) is 2.12. The third-order valence-corrected chi connectivity index (χ3v) is 2.82. The number of thioether (sulfide) groups is 1. The van der Waals surface area contributed by atoms with Gasteiger partial charge in [-0.1, -0.05) is 60.3 Å². The Morgan fingerprint density at radius 2 is 1.33 bits per heavy atom. The summed E-state index contributed by atoms with van der Waals surface area (Å²) in [6.45, 7) is 0. The van der Waals surface area contributed by atoms with E-state index in [1.165, 1.54) is 10.5 Å². The summed E-state index contributed by atoms with van der Waals surface area (Å²) >= 11 is 1.73. The quantitative estimate of drug-likeness (QED) is 0.677. The van der Waals surface area contributed by atoms with Crippen LogP contribution < -0.4 is 0 Å². The summed E-state index contributed by atoms with van der Waals surface area (Å²) in [5.74, 6) is 0. The maximum atomic E-state index is 2.12. The molecule has 0 unspecified atom stereocenters. The number of hydrogen-bond acceptors (Lipinski definition) is 1. The maximum Gasteiger partial charge on any atom is 0.0116 e. The first-order valence-electron chi connectivity index (χ1n) is 4.88. The second kappa shape index (κ2) is 5.42. The van der Waals surface area contributed by atoms with Crippen molar-refractivity contribution in [2.45, 2.75) is 4.90 Å². The summed E-state index contributed by atoms with van der Waals surface area (Å²) in [5.41, 5.74) is 1.24. The van der Waals surface area contributed by atoms with Gasteiger partial charge in [-0.3, -0.25) is 0 Å². The molecule has 2 aromatic rings. The lowest BCUT2D eigenvalue weighted by atomic mass is 10.2. The van der Waals surface area contributed by atoms with Gasteiger partial charge >= 0.3 is 0 Å². The Bertz CT molecular complexity index is 418. The van der Waals surface area contributed by atoms with Gasteiger partial charge in [-0.25, -0.2) is 0 Å². The zero-order valence-corrected chi connectivity index (χ0v) is 9.15. The first kappa shape index (κ1) is 10.1. The van der Waals surface area contributed by atoms with Gasteiger partial charge in [0.25, 0.3) is 0 Å².